The van der Waals surface area contributed by atoms with Crippen molar-refractivity contribution in [1.29, 1.82) is 5.26 Å². The first kappa shape index (κ1) is 13.2. The Balaban J connectivity index is 2.30. The highest BCUT2D eigenvalue weighted by Gasteiger charge is 2.15. The van der Waals surface area contributed by atoms with Gasteiger partial charge in [-0.1, -0.05) is 13.0 Å². The molecule has 2 rings (SSSR count). The SMILES string of the molecule is CCc1ccsc1C(=O)Nc1cccc(F)c1C#N. The fourth-order valence-corrected chi connectivity index (χ4v) is 2.62. The van der Waals surface area contributed by atoms with E-state index < -0.39 is 5.82 Å². The van der Waals surface area contributed by atoms with Gasteiger partial charge in [0.05, 0.1) is 10.6 Å². The van der Waals surface area contributed by atoms with Gasteiger partial charge in [-0.2, -0.15) is 5.26 Å². The molecular formula is C14H11FN2OS. The summed E-state index contributed by atoms with van der Waals surface area (Å²) in [5.74, 6) is -0.948. The molecule has 0 spiro atoms. The Kier molecular flexibility index (Phi) is 3.93. The number of amides is 1. The topological polar surface area (TPSA) is 52.9 Å². The van der Waals surface area contributed by atoms with Crippen LogP contribution in [0.25, 0.3) is 0 Å². The Bertz CT molecular complexity index is 658. The van der Waals surface area contributed by atoms with E-state index in [2.05, 4.69) is 5.32 Å². The van der Waals surface area contributed by atoms with E-state index >= 15 is 0 Å². The molecule has 96 valence electrons. The monoisotopic (exact) mass is 274 g/mol. The van der Waals surface area contributed by atoms with E-state index in [-0.39, 0.29) is 17.2 Å². The quantitative estimate of drug-likeness (QED) is 0.930. The number of thiophene rings is 1. The van der Waals surface area contributed by atoms with Crippen molar-refractivity contribution < 1.29 is 9.18 Å². The summed E-state index contributed by atoms with van der Waals surface area (Å²) in [7, 11) is 0. The van der Waals surface area contributed by atoms with Crippen LogP contribution >= 0.6 is 11.3 Å². The molecule has 1 heterocycles. The lowest BCUT2D eigenvalue weighted by Crippen LogP contribution is -2.13. The zero-order valence-corrected chi connectivity index (χ0v) is 11.1. The van der Waals surface area contributed by atoms with Crippen molar-refractivity contribution in [2.75, 3.05) is 5.32 Å². The van der Waals surface area contributed by atoms with Crippen LogP contribution in [-0.2, 0) is 6.42 Å². The summed E-state index contributed by atoms with van der Waals surface area (Å²) in [6.45, 7) is 1.96. The van der Waals surface area contributed by atoms with Crippen LogP contribution < -0.4 is 5.32 Å². The molecule has 1 aromatic carbocycles. The average molecular weight is 274 g/mol. The molecule has 0 saturated heterocycles. The van der Waals surface area contributed by atoms with Crippen molar-refractivity contribution in [1.82, 2.24) is 0 Å². The van der Waals surface area contributed by atoms with Gasteiger partial charge in [-0.25, -0.2) is 4.39 Å². The highest BCUT2D eigenvalue weighted by molar-refractivity contribution is 7.12. The molecule has 1 aromatic heterocycles. The number of carbonyl (C=O) groups excluding carboxylic acids is 1. The van der Waals surface area contributed by atoms with Gasteiger partial charge < -0.3 is 5.32 Å². The molecule has 0 aliphatic carbocycles. The maximum Gasteiger partial charge on any atom is 0.266 e. The van der Waals surface area contributed by atoms with Crippen molar-refractivity contribution in [2.24, 2.45) is 0 Å². The van der Waals surface area contributed by atoms with Crippen molar-refractivity contribution in [3.8, 4) is 6.07 Å². The Hall–Kier alpha value is -2.19. The largest absolute Gasteiger partial charge is 0.320 e. The number of nitrogens with zero attached hydrogens (tertiary/aromatic N) is 1. The van der Waals surface area contributed by atoms with Crippen LogP contribution in [0.3, 0.4) is 0 Å². The van der Waals surface area contributed by atoms with Gasteiger partial charge >= 0.3 is 0 Å². The Morgan fingerprint density at radius 1 is 1.47 bits per heavy atom. The van der Waals surface area contributed by atoms with Gasteiger partial charge in [0.25, 0.3) is 5.91 Å². The number of benzene rings is 1. The minimum absolute atomic E-state index is 0.148. The van der Waals surface area contributed by atoms with Gasteiger partial charge in [0.15, 0.2) is 0 Å². The van der Waals surface area contributed by atoms with E-state index in [9.17, 15) is 9.18 Å². The second-order valence-electron chi connectivity index (χ2n) is 3.86. The first-order valence-electron chi connectivity index (χ1n) is 5.73. The lowest BCUT2D eigenvalue weighted by atomic mass is 10.1. The lowest BCUT2D eigenvalue weighted by Gasteiger charge is -2.07. The molecule has 1 amide bonds. The summed E-state index contributed by atoms with van der Waals surface area (Å²) in [6, 6.07) is 7.81. The summed E-state index contributed by atoms with van der Waals surface area (Å²) in [5.41, 5.74) is 0.991. The van der Waals surface area contributed by atoms with Gasteiger partial charge in [0, 0.05) is 0 Å². The smallest absolute Gasteiger partial charge is 0.266 e. The minimum atomic E-state index is -0.637. The molecule has 0 bridgehead atoms. The molecule has 0 saturated carbocycles. The second-order valence-corrected chi connectivity index (χ2v) is 4.77. The molecule has 0 atom stereocenters. The molecule has 0 fully saturated rings. The van der Waals surface area contributed by atoms with Gasteiger partial charge in [0.2, 0.25) is 0 Å². The molecule has 3 nitrogen and oxygen atoms in total. The number of anilines is 1. The normalized spacial score (nSPS) is 9.95. The van der Waals surface area contributed by atoms with E-state index in [0.29, 0.717) is 4.88 Å². The van der Waals surface area contributed by atoms with Crippen molar-refractivity contribution in [2.45, 2.75) is 13.3 Å². The number of aryl methyl sites for hydroxylation is 1. The second kappa shape index (κ2) is 5.63. The standard InChI is InChI=1S/C14H11FN2OS/c1-2-9-6-7-19-13(9)14(18)17-12-5-3-4-11(15)10(12)8-16/h3-7H,2H2,1H3,(H,17,18). The summed E-state index contributed by atoms with van der Waals surface area (Å²) < 4.78 is 13.4. The van der Waals surface area contributed by atoms with Crippen LogP contribution in [0.5, 0.6) is 0 Å². The Labute approximate surface area is 114 Å². The zero-order valence-electron chi connectivity index (χ0n) is 10.2. The van der Waals surface area contributed by atoms with E-state index in [4.69, 9.17) is 5.26 Å². The summed E-state index contributed by atoms with van der Waals surface area (Å²) in [6.07, 6.45) is 0.751. The number of hydrogen-bond acceptors (Lipinski definition) is 3. The van der Waals surface area contributed by atoms with Crippen molar-refractivity contribution in [3.63, 3.8) is 0 Å². The van der Waals surface area contributed by atoms with Crippen LogP contribution in [0.1, 0.15) is 27.7 Å². The lowest BCUT2D eigenvalue weighted by molar-refractivity contribution is 0.103. The number of nitriles is 1. The Morgan fingerprint density at radius 2 is 2.26 bits per heavy atom. The van der Waals surface area contributed by atoms with Crippen LogP contribution in [0.2, 0.25) is 0 Å². The highest BCUT2D eigenvalue weighted by Crippen LogP contribution is 2.22. The fraction of sp³-hybridized carbons (Fsp3) is 0.143. The molecule has 0 aliphatic heterocycles. The maximum atomic E-state index is 13.4. The van der Waals surface area contributed by atoms with Crippen LogP contribution in [0, 0.1) is 17.1 Å². The minimum Gasteiger partial charge on any atom is -0.320 e. The first-order chi connectivity index (χ1) is 9.17. The third-order valence-electron chi connectivity index (χ3n) is 2.71. The molecule has 19 heavy (non-hydrogen) atoms. The molecule has 0 radical (unpaired) electrons. The molecular weight excluding hydrogens is 263 g/mol. The van der Waals surface area contributed by atoms with E-state index in [1.165, 1.54) is 29.5 Å². The van der Waals surface area contributed by atoms with E-state index in [1.807, 2.05) is 18.4 Å². The molecule has 0 unspecified atom stereocenters. The fourth-order valence-electron chi connectivity index (χ4n) is 1.73. The highest BCUT2D eigenvalue weighted by atomic mass is 32.1. The summed E-state index contributed by atoms with van der Waals surface area (Å²) in [5, 5.41) is 13.3. The van der Waals surface area contributed by atoms with Crippen LogP contribution in [-0.4, -0.2) is 5.91 Å². The number of rotatable bonds is 3. The van der Waals surface area contributed by atoms with E-state index in [0.717, 1.165) is 12.0 Å². The van der Waals surface area contributed by atoms with Crippen molar-refractivity contribution >= 4 is 22.9 Å². The molecule has 2 aromatic rings. The van der Waals surface area contributed by atoms with Crippen LogP contribution in [0.4, 0.5) is 10.1 Å². The number of carbonyl (C=O) groups is 1. The third kappa shape index (κ3) is 2.64. The average Bonchev–Trinajstić information content (AvgIpc) is 2.87. The van der Waals surface area contributed by atoms with Crippen LogP contribution in [0.15, 0.2) is 29.6 Å². The molecule has 5 heteroatoms. The van der Waals surface area contributed by atoms with E-state index in [1.54, 1.807) is 6.07 Å². The number of hydrogen-bond donors (Lipinski definition) is 1. The first-order valence-corrected chi connectivity index (χ1v) is 6.61. The predicted molar refractivity (Wildman–Crippen MR) is 72.8 cm³/mol. The molecule has 0 aliphatic rings. The zero-order chi connectivity index (χ0) is 13.8. The van der Waals surface area contributed by atoms with Gasteiger partial charge in [-0.05, 0) is 35.6 Å². The third-order valence-corrected chi connectivity index (χ3v) is 3.66. The number of nitrogens with one attached hydrogen (secondary N) is 1. The number of halogens is 1. The van der Waals surface area contributed by atoms with Gasteiger partial charge in [-0.15, -0.1) is 11.3 Å². The van der Waals surface area contributed by atoms with Crippen molar-refractivity contribution in [3.05, 3.63) is 51.5 Å². The Morgan fingerprint density at radius 3 is 2.95 bits per heavy atom. The summed E-state index contributed by atoms with van der Waals surface area (Å²) >= 11 is 1.33. The summed E-state index contributed by atoms with van der Waals surface area (Å²) in [4.78, 5) is 12.7. The maximum absolute atomic E-state index is 13.4. The predicted octanol–water partition coefficient (Wildman–Crippen LogP) is 3.57. The molecule has 1 N–H and O–H groups in total. The van der Waals surface area contributed by atoms with Gasteiger partial charge in [-0.3, -0.25) is 4.79 Å². The van der Waals surface area contributed by atoms with Gasteiger partial charge in [0.1, 0.15) is 17.4 Å².